The molecule has 194 valence electrons. The van der Waals surface area contributed by atoms with Gasteiger partial charge in [-0.05, 0) is 50.8 Å². The minimum atomic E-state index is -2.67. The summed E-state index contributed by atoms with van der Waals surface area (Å²) in [6.45, 7) is 5.32. The van der Waals surface area contributed by atoms with Gasteiger partial charge >= 0.3 is 6.09 Å². The summed E-state index contributed by atoms with van der Waals surface area (Å²) >= 11 is 7.23. The number of ketones is 1. The zero-order chi connectivity index (χ0) is 26.3. The molecule has 0 spiro atoms. The summed E-state index contributed by atoms with van der Waals surface area (Å²) in [6.07, 6.45) is 0.736. The van der Waals surface area contributed by atoms with Gasteiger partial charge in [0.25, 0.3) is 5.91 Å². The average molecular weight is 540 g/mol. The quantitative estimate of drug-likeness (QED) is 0.538. The lowest BCUT2D eigenvalue weighted by atomic mass is 9.81. The summed E-state index contributed by atoms with van der Waals surface area (Å²) in [7, 11) is 0. The van der Waals surface area contributed by atoms with E-state index in [9.17, 15) is 23.2 Å². The zero-order valence-electron chi connectivity index (χ0n) is 20.2. The third-order valence-corrected chi connectivity index (χ3v) is 7.31. The largest absolute Gasteiger partial charge is 0.443 e. The Hall–Kier alpha value is -2.59. The van der Waals surface area contributed by atoms with Gasteiger partial charge in [-0.25, -0.2) is 19.0 Å². The number of allylic oxidation sites excluding steroid dienone is 2. The second-order valence-corrected chi connectivity index (χ2v) is 11.6. The minimum absolute atomic E-state index is 0.134. The second-order valence-electron chi connectivity index (χ2n) is 10.2. The van der Waals surface area contributed by atoms with Crippen molar-refractivity contribution in [2.75, 3.05) is 12.4 Å². The number of alkyl halides is 2. The van der Waals surface area contributed by atoms with Crippen molar-refractivity contribution in [3.05, 3.63) is 57.1 Å². The molecule has 0 radical (unpaired) electrons. The van der Waals surface area contributed by atoms with Crippen molar-refractivity contribution in [3.8, 4) is 0 Å². The monoisotopic (exact) mass is 539 g/mol. The Kier molecular flexibility index (Phi) is 7.39. The van der Waals surface area contributed by atoms with E-state index in [0.717, 1.165) is 5.56 Å². The number of ether oxygens (including phenoxy) is 1. The number of thioether (sulfide) groups is 1. The normalized spacial score (nSPS) is 21.5. The minimum Gasteiger partial charge on any atom is -0.443 e. The van der Waals surface area contributed by atoms with Gasteiger partial charge in [0.05, 0.1) is 16.4 Å². The number of Topliss-reactive ketones (excluding diaryl/α,β-unsaturated/α-hetero) is 1. The molecule has 1 aliphatic heterocycles. The number of carbonyl (C=O) groups is 3. The van der Waals surface area contributed by atoms with Crippen molar-refractivity contribution >= 4 is 41.1 Å². The van der Waals surface area contributed by atoms with Crippen LogP contribution in [0.25, 0.3) is 0 Å². The molecule has 1 aromatic rings. The van der Waals surface area contributed by atoms with Gasteiger partial charge in [0.2, 0.25) is 5.92 Å². The van der Waals surface area contributed by atoms with Crippen LogP contribution in [-0.4, -0.2) is 46.7 Å². The first-order chi connectivity index (χ1) is 16.8. The first-order valence-corrected chi connectivity index (χ1v) is 13.0. The molecule has 2 N–H and O–H groups in total. The summed E-state index contributed by atoms with van der Waals surface area (Å²) < 4.78 is 31.7. The van der Waals surface area contributed by atoms with Crippen LogP contribution in [0.2, 0.25) is 5.02 Å². The Morgan fingerprint density at radius 2 is 1.89 bits per heavy atom. The molecule has 1 atom stereocenters. The van der Waals surface area contributed by atoms with Crippen LogP contribution < -0.4 is 10.7 Å². The summed E-state index contributed by atoms with van der Waals surface area (Å²) in [5, 5.41) is 4.72. The van der Waals surface area contributed by atoms with E-state index in [4.69, 9.17) is 16.3 Å². The number of hydrogen-bond acceptors (Lipinski definition) is 6. The average Bonchev–Trinajstić information content (AvgIpc) is 3.16. The van der Waals surface area contributed by atoms with Crippen LogP contribution in [-0.2, 0) is 20.7 Å². The molecule has 1 unspecified atom stereocenters. The third-order valence-electron chi connectivity index (χ3n) is 5.97. The Bertz CT molecular complexity index is 1120. The van der Waals surface area contributed by atoms with Crippen molar-refractivity contribution in [2.45, 2.75) is 51.6 Å². The fourth-order valence-electron chi connectivity index (χ4n) is 4.33. The lowest BCUT2D eigenvalue weighted by molar-refractivity contribution is -0.123. The van der Waals surface area contributed by atoms with Crippen molar-refractivity contribution in [2.24, 2.45) is 11.8 Å². The molecule has 2 amide bonds. The van der Waals surface area contributed by atoms with Crippen LogP contribution in [0, 0.1) is 11.8 Å². The highest BCUT2D eigenvalue weighted by molar-refractivity contribution is 8.03. The van der Waals surface area contributed by atoms with E-state index in [-0.39, 0.29) is 42.7 Å². The highest BCUT2D eigenvalue weighted by Crippen LogP contribution is 2.43. The molecule has 1 heterocycles. The maximum atomic E-state index is 13.5. The summed E-state index contributed by atoms with van der Waals surface area (Å²) in [5.41, 5.74) is 3.24. The van der Waals surface area contributed by atoms with E-state index in [2.05, 4.69) is 10.7 Å². The van der Waals surface area contributed by atoms with Crippen LogP contribution in [0.4, 0.5) is 13.6 Å². The summed E-state index contributed by atoms with van der Waals surface area (Å²) in [5.74, 6) is -4.08. The Labute approximate surface area is 217 Å². The molecule has 1 saturated carbocycles. The fraction of sp³-hybridized carbons (Fsp3) is 0.480. The molecule has 1 fully saturated rings. The number of rotatable bonds is 6. The third kappa shape index (κ3) is 6.21. The second kappa shape index (κ2) is 10.0. The molecule has 1 aromatic carbocycles. The van der Waals surface area contributed by atoms with Gasteiger partial charge in [0.1, 0.15) is 11.3 Å². The number of hydrogen-bond donors (Lipinski definition) is 2. The van der Waals surface area contributed by atoms with E-state index in [1.807, 2.05) is 12.1 Å². The zero-order valence-corrected chi connectivity index (χ0v) is 21.8. The molecule has 7 nitrogen and oxygen atoms in total. The maximum Gasteiger partial charge on any atom is 0.426 e. The number of halogens is 3. The number of amides is 2. The molecular weight excluding hydrogens is 512 g/mol. The van der Waals surface area contributed by atoms with Crippen LogP contribution in [0.1, 0.15) is 39.2 Å². The van der Waals surface area contributed by atoms with Crippen molar-refractivity contribution < 1.29 is 27.9 Å². The molecule has 0 bridgehead atoms. The summed E-state index contributed by atoms with van der Waals surface area (Å²) in [4.78, 5) is 39.5. The number of nitrogens with zero attached hydrogens (tertiary/aromatic N) is 1. The molecule has 3 aliphatic rings. The van der Waals surface area contributed by atoms with E-state index in [1.165, 1.54) is 16.8 Å². The van der Waals surface area contributed by atoms with Crippen LogP contribution in [0.3, 0.4) is 0 Å². The highest BCUT2D eigenvalue weighted by Gasteiger charge is 2.45. The Morgan fingerprint density at radius 1 is 1.22 bits per heavy atom. The summed E-state index contributed by atoms with van der Waals surface area (Å²) in [6, 6.07) is 7.07. The predicted molar refractivity (Wildman–Crippen MR) is 133 cm³/mol. The topological polar surface area (TPSA) is 87.7 Å². The van der Waals surface area contributed by atoms with Gasteiger partial charge < -0.3 is 10.1 Å². The van der Waals surface area contributed by atoms with E-state index >= 15 is 0 Å². The predicted octanol–water partition coefficient (Wildman–Crippen LogP) is 4.83. The number of hydrazine groups is 1. The van der Waals surface area contributed by atoms with Crippen LogP contribution in [0.5, 0.6) is 0 Å². The molecule has 0 saturated heterocycles. The van der Waals surface area contributed by atoms with Gasteiger partial charge in [0, 0.05) is 30.3 Å². The Morgan fingerprint density at radius 3 is 2.50 bits per heavy atom. The van der Waals surface area contributed by atoms with Crippen LogP contribution >= 0.6 is 23.4 Å². The molecule has 2 aliphatic carbocycles. The SMILES string of the molecule is CC(C)(C)OC(=O)NN1CSC2=C1C(=O)C(Cc1ccc(Cl)cc1)C=C2C(=O)NCC1CC(F)(F)C1. The number of carbonyl (C=O) groups excluding carboxylic acids is 3. The Balaban J connectivity index is 1.56. The lowest BCUT2D eigenvalue weighted by Gasteiger charge is -2.35. The van der Waals surface area contributed by atoms with E-state index in [0.29, 0.717) is 21.9 Å². The van der Waals surface area contributed by atoms with Gasteiger partial charge in [-0.3, -0.25) is 14.6 Å². The highest BCUT2D eigenvalue weighted by atomic mass is 35.5. The standard InChI is InChI=1S/C25H28ClF2N3O4S/c1-24(2,3)35-23(34)30-31-13-36-21-18(22(33)29-12-15-10-25(27,28)11-15)9-16(20(32)19(21)31)8-14-4-6-17(26)7-5-14/h4-7,9,15-16H,8,10-13H2,1-3H3,(H,29,33)(H,30,34). The van der Waals surface area contributed by atoms with Crippen molar-refractivity contribution in [3.63, 3.8) is 0 Å². The van der Waals surface area contributed by atoms with Crippen molar-refractivity contribution in [1.29, 1.82) is 0 Å². The molecule has 11 heteroatoms. The number of nitrogens with one attached hydrogen (secondary N) is 2. The lowest BCUT2D eigenvalue weighted by Crippen LogP contribution is -2.46. The molecule has 4 rings (SSSR count). The first-order valence-electron chi connectivity index (χ1n) is 11.6. The van der Waals surface area contributed by atoms with E-state index in [1.54, 1.807) is 39.0 Å². The maximum absolute atomic E-state index is 13.5. The smallest absolute Gasteiger partial charge is 0.426 e. The van der Waals surface area contributed by atoms with Gasteiger partial charge in [-0.1, -0.05) is 41.6 Å². The van der Waals surface area contributed by atoms with Crippen LogP contribution in [0.15, 0.2) is 46.5 Å². The molecular formula is C25H28ClF2N3O4S. The van der Waals surface area contributed by atoms with Gasteiger partial charge in [0.15, 0.2) is 5.78 Å². The van der Waals surface area contributed by atoms with Gasteiger partial charge in [-0.15, -0.1) is 0 Å². The van der Waals surface area contributed by atoms with E-state index < -0.39 is 29.4 Å². The van der Waals surface area contributed by atoms with Gasteiger partial charge in [-0.2, -0.15) is 0 Å². The number of benzene rings is 1. The first kappa shape index (κ1) is 26.5. The molecule has 0 aromatic heterocycles. The van der Waals surface area contributed by atoms with Crippen molar-refractivity contribution in [1.82, 2.24) is 15.8 Å². The fourth-order valence-corrected chi connectivity index (χ4v) is 5.57. The molecule has 36 heavy (non-hydrogen) atoms.